The van der Waals surface area contributed by atoms with Gasteiger partial charge in [-0.2, -0.15) is 13.8 Å². The smallest absolute Gasteiger partial charge is 0.387 e. The molecule has 0 aliphatic rings. The largest absolute Gasteiger partial charge is 0.493 e. The van der Waals surface area contributed by atoms with Crippen LogP contribution in [0.3, 0.4) is 0 Å². The molecule has 0 spiro atoms. The van der Waals surface area contributed by atoms with Crippen LogP contribution >= 0.6 is 11.8 Å². The fourth-order valence-corrected chi connectivity index (χ4v) is 3.99. The van der Waals surface area contributed by atoms with Crippen molar-refractivity contribution in [3.8, 4) is 22.9 Å². The number of fused-ring (bicyclic) bond motifs is 1. The third-order valence-electron chi connectivity index (χ3n) is 4.57. The van der Waals surface area contributed by atoms with Gasteiger partial charge in [-0.1, -0.05) is 29.1 Å². The summed E-state index contributed by atoms with van der Waals surface area (Å²) in [6, 6.07) is 11.5. The van der Waals surface area contributed by atoms with Crippen molar-refractivity contribution in [2.24, 2.45) is 0 Å². The first-order valence-electron chi connectivity index (χ1n) is 9.58. The van der Waals surface area contributed by atoms with Crippen molar-refractivity contribution in [3.63, 3.8) is 0 Å². The summed E-state index contributed by atoms with van der Waals surface area (Å²) < 4.78 is 41.4. The molecule has 0 saturated carbocycles. The SMILES string of the molecule is CCn1c(SCc2nc(-c3ccc(OC(F)F)c(OC)c3)no2)nc2ccccc2c1=O. The van der Waals surface area contributed by atoms with Gasteiger partial charge < -0.3 is 14.0 Å². The topological polar surface area (TPSA) is 92.3 Å². The number of hydrogen-bond donors (Lipinski definition) is 0. The molecule has 2 aromatic heterocycles. The molecular weight excluding hydrogens is 442 g/mol. The summed E-state index contributed by atoms with van der Waals surface area (Å²) in [6.07, 6.45) is 0. The van der Waals surface area contributed by atoms with Gasteiger partial charge in [0.1, 0.15) is 0 Å². The molecule has 0 unspecified atom stereocenters. The van der Waals surface area contributed by atoms with Crippen LogP contribution in [0.2, 0.25) is 0 Å². The number of hydrogen-bond acceptors (Lipinski definition) is 8. The van der Waals surface area contributed by atoms with Gasteiger partial charge in [0.15, 0.2) is 16.7 Å². The Morgan fingerprint density at radius 3 is 2.72 bits per heavy atom. The van der Waals surface area contributed by atoms with Crippen molar-refractivity contribution in [2.75, 3.05) is 7.11 Å². The highest BCUT2D eigenvalue weighted by Crippen LogP contribution is 2.33. The summed E-state index contributed by atoms with van der Waals surface area (Å²) in [5.74, 6) is 0.909. The van der Waals surface area contributed by atoms with E-state index in [9.17, 15) is 13.6 Å². The number of ether oxygens (including phenoxy) is 2. The number of para-hydroxylation sites is 1. The zero-order valence-electron chi connectivity index (χ0n) is 17.1. The fraction of sp³-hybridized carbons (Fsp3) is 0.238. The summed E-state index contributed by atoms with van der Waals surface area (Å²) in [4.78, 5) is 21.7. The van der Waals surface area contributed by atoms with Crippen LogP contribution in [0, 0.1) is 0 Å². The number of aromatic nitrogens is 4. The highest BCUT2D eigenvalue weighted by atomic mass is 32.2. The Morgan fingerprint density at radius 2 is 1.97 bits per heavy atom. The molecule has 8 nitrogen and oxygen atoms in total. The molecule has 2 aromatic carbocycles. The van der Waals surface area contributed by atoms with Crippen LogP contribution in [0.4, 0.5) is 8.78 Å². The van der Waals surface area contributed by atoms with E-state index >= 15 is 0 Å². The first-order valence-corrected chi connectivity index (χ1v) is 10.6. The van der Waals surface area contributed by atoms with Crippen molar-refractivity contribution in [2.45, 2.75) is 31.0 Å². The number of thioether (sulfide) groups is 1. The van der Waals surface area contributed by atoms with Crippen molar-refractivity contribution in [1.82, 2.24) is 19.7 Å². The first-order chi connectivity index (χ1) is 15.5. The van der Waals surface area contributed by atoms with Gasteiger partial charge in [-0.15, -0.1) is 0 Å². The van der Waals surface area contributed by atoms with Crippen molar-refractivity contribution in [1.29, 1.82) is 0 Å². The molecule has 11 heteroatoms. The predicted octanol–water partition coefficient (Wildman–Crippen LogP) is 4.37. The molecule has 0 amide bonds. The molecule has 0 aliphatic heterocycles. The lowest BCUT2D eigenvalue weighted by Crippen LogP contribution is -2.22. The standard InChI is InChI=1S/C21H18F2N4O4S/c1-3-27-19(28)13-6-4-5-7-14(13)24-21(27)32-11-17-25-18(26-31-17)12-8-9-15(30-20(22)23)16(10-12)29-2/h4-10,20H,3,11H2,1-2H3. The molecule has 2 heterocycles. The number of halogens is 2. The molecule has 0 saturated heterocycles. The van der Waals surface area contributed by atoms with E-state index in [1.165, 1.54) is 37.1 Å². The number of rotatable bonds is 8. The number of methoxy groups -OCH3 is 1. The molecule has 166 valence electrons. The normalized spacial score (nSPS) is 11.3. The van der Waals surface area contributed by atoms with Crippen LogP contribution in [0.5, 0.6) is 11.5 Å². The van der Waals surface area contributed by atoms with E-state index in [2.05, 4.69) is 19.9 Å². The number of benzene rings is 2. The highest BCUT2D eigenvalue weighted by Gasteiger charge is 2.16. The van der Waals surface area contributed by atoms with Gasteiger partial charge in [-0.25, -0.2) is 4.98 Å². The molecule has 0 atom stereocenters. The third kappa shape index (κ3) is 4.42. The Morgan fingerprint density at radius 1 is 1.16 bits per heavy atom. The molecular formula is C21H18F2N4O4S. The average Bonchev–Trinajstić information content (AvgIpc) is 3.27. The summed E-state index contributed by atoms with van der Waals surface area (Å²) in [7, 11) is 1.35. The maximum absolute atomic E-state index is 12.7. The van der Waals surface area contributed by atoms with Crippen LogP contribution in [0.15, 0.2) is 56.9 Å². The molecule has 0 radical (unpaired) electrons. The first kappa shape index (κ1) is 21.8. The monoisotopic (exact) mass is 460 g/mol. The summed E-state index contributed by atoms with van der Waals surface area (Å²) in [5.41, 5.74) is 1.02. The molecule has 4 aromatic rings. The van der Waals surface area contributed by atoms with Gasteiger partial charge >= 0.3 is 6.61 Å². The maximum atomic E-state index is 12.7. The second kappa shape index (κ2) is 9.35. The summed E-state index contributed by atoms with van der Waals surface area (Å²) in [6.45, 7) is -0.615. The summed E-state index contributed by atoms with van der Waals surface area (Å²) >= 11 is 1.31. The number of alkyl halides is 2. The molecule has 0 aliphatic carbocycles. The second-order valence-corrected chi connectivity index (χ2v) is 7.45. The lowest BCUT2D eigenvalue weighted by Gasteiger charge is -2.10. The zero-order valence-corrected chi connectivity index (χ0v) is 17.9. The van der Waals surface area contributed by atoms with Crippen LogP contribution < -0.4 is 15.0 Å². The number of nitrogens with zero attached hydrogens (tertiary/aromatic N) is 4. The van der Waals surface area contributed by atoms with Gasteiger partial charge in [0, 0.05) is 12.1 Å². The molecule has 0 N–H and O–H groups in total. The van der Waals surface area contributed by atoms with E-state index in [1.54, 1.807) is 22.8 Å². The van der Waals surface area contributed by atoms with E-state index in [0.717, 1.165) is 0 Å². The van der Waals surface area contributed by atoms with Crippen LogP contribution in [0.25, 0.3) is 22.3 Å². The van der Waals surface area contributed by atoms with E-state index in [-0.39, 0.29) is 22.9 Å². The van der Waals surface area contributed by atoms with Gasteiger partial charge in [0.25, 0.3) is 5.56 Å². The Kier molecular flexibility index (Phi) is 6.35. The van der Waals surface area contributed by atoms with E-state index in [0.29, 0.717) is 39.8 Å². The quantitative estimate of drug-likeness (QED) is 0.283. The second-order valence-electron chi connectivity index (χ2n) is 6.51. The summed E-state index contributed by atoms with van der Waals surface area (Å²) in [5, 5.41) is 5.05. The minimum Gasteiger partial charge on any atom is -0.493 e. The average molecular weight is 460 g/mol. The van der Waals surface area contributed by atoms with E-state index in [1.807, 2.05) is 13.0 Å². The highest BCUT2D eigenvalue weighted by molar-refractivity contribution is 7.98. The van der Waals surface area contributed by atoms with Crippen LogP contribution in [0.1, 0.15) is 12.8 Å². The fourth-order valence-electron chi connectivity index (χ4n) is 3.09. The Labute approximate surface area is 185 Å². The lowest BCUT2D eigenvalue weighted by atomic mass is 10.2. The molecule has 32 heavy (non-hydrogen) atoms. The zero-order chi connectivity index (χ0) is 22.7. The van der Waals surface area contributed by atoms with Crippen molar-refractivity contribution < 1.29 is 22.8 Å². The van der Waals surface area contributed by atoms with Crippen molar-refractivity contribution in [3.05, 3.63) is 58.7 Å². The van der Waals surface area contributed by atoms with Crippen LogP contribution in [-0.2, 0) is 12.3 Å². The third-order valence-corrected chi connectivity index (χ3v) is 5.53. The predicted molar refractivity (Wildman–Crippen MR) is 114 cm³/mol. The Balaban J connectivity index is 1.55. The minimum absolute atomic E-state index is 0.0922. The minimum atomic E-state index is -2.97. The van der Waals surface area contributed by atoms with Gasteiger partial charge in [-0.3, -0.25) is 9.36 Å². The lowest BCUT2D eigenvalue weighted by molar-refractivity contribution is -0.0512. The van der Waals surface area contributed by atoms with Gasteiger partial charge in [0.2, 0.25) is 11.7 Å². The molecule has 0 fully saturated rings. The van der Waals surface area contributed by atoms with Crippen LogP contribution in [-0.4, -0.2) is 33.4 Å². The maximum Gasteiger partial charge on any atom is 0.387 e. The Hall–Kier alpha value is -3.47. The van der Waals surface area contributed by atoms with Gasteiger partial charge in [0.05, 0.1) is 23.8 Å². The van der Waals surface area contributed by atoms with Crippen molar-refractivity contribution >= 4 is 22.7 Å². The van der Waals surface area contributed by atoms with E-state index in [4.69, 9.17) is 9.26 Å². The molecule has 0 bridgehead atoms. The molecule has 4 rings (SSSR count). The van der Waals surface area contributed by atoms with E-state index < -0.39 is 6.61 Å². The van der Waals surface area contributed by atoms with Gasteiger partial charge in [-0.05, 0) is 37.3 Å². The Bertz CT molecular complexity index is 1310.